The van der Waals surface area contributed by atoms with Crippen molar-refractivity contribution in [3.05, 3.63) is 58.4 Å². The molecule has 1 aliphatic carbocycles. The van der Waals surface area contributed by atoms with Gasteiger partial charge in [-0.1, -0.05) is 0 Å². The van der Waals surface area contributed by atoms with E-state index in [2.05, 4.69) is 31.4 Å². The van der Waals surface area contributed by atoms with Crippen LogP contribution in [-0.4, -0.2) is 23.2 Å². The van der Waals surface area contributed by atoms with Gasteiger partial charge in [-0.05, 0) is 71.2 Å². The van der Waals surface area contributed by atoms with Crippen molar-refractivity contribution in [2.45, 2.75) is 18.8 Å². The van der Waals surface area contributed by atoms with Crippen molar-refractivity contribution >= 4 is 27.5 Å². The van der Waals surface area contributed by atoms with Crippen LogP contribution in [0.25, 0.3) is 11.5 Å². The van der Waals surface area contributed by atoms with Crippen molar-refractivity contribution in [1.29, 1.82) is 0 Å². The molecule has 2 aromatic carbocycles. The van der Waals surface area contributed by atoms with Crippen LogP contribution in [0.3, 0.4) is 0 Å². The highest BCUT2D eigenvalue weighted by Gasteiger charge is 2.29. The Morgan fingerprint density at radius 2 is 1.96 bits per heavy atom. The molecule has 1 heterocycles. The lowest BCUT2D eigenvalue weighted by Crippen LogP contribution is -2.11. The van der Waals surface area contributed by atoms with Gasteiger partial charge in [-0.2, -0.15) is 0 Å². The van der Waals surface area contributed by atoms with E-state index in [1.165, 1.54) is 0 Å². The maximum absolute atomic E-state index is 12.4. The van der Waals surface area contributed by atoms with Gasteiger partial charge in [-0.3, -0.25) is 4.79 Å². The number of nitrogens with zero attached hydrogens (tertiary/aromatic N) is 2. The second-order valence-corrected chi connectivity index (χ2v) is 6.95. The van der Waals surface area contributed by atoms with E-state index in [0.29, 0.717) is 34.7 Å². The molecule has 0 saturated heterocycles. The molecule has 0 atom stereocenters. The molecule has 0 unspecified atom stereocenters. The third-order valence-electron chi connectivity index (χ3n) is 4.17. The fourth-order valence-corrected chi connectivity index (χ4v) is 3.09. The monoisotopic (exact) mass is 413 g/mol. The minimum atomic E-state index is -0.199. The fraction of sp³-hybridized carbons (Fsp3) is 0.211. The Kier molecular flexibility index (Phi) is 4.46. The molecule has 0 radical (unpaired) electrons. The van der Waals surface area contributed by atoms with Gasteiger partial charge < -0.3 is 14.5 Å². The number of carbonyl (C=O) groups is 1. The quantitative estimate of drug-likeness (QED) is 0.659. The lowest BCUT2D eigenvalue weighted by atomic mass is 10.1. The van der Waals surface area contributed by atoms with E-state index < -0.39 is 0 Å². The van der Waals surface area contributed by atoms with Crippen molar-refractivity contribution < 1.29 is 13.9 Å². The zero-order valence-electron chi connectivity index (χ0n) is 14.0. The number of halogens is 1. The lowest BCUT2D eigenvalue weighted by Gasteiger charge is -2.08. The van der Waals surface area contributed by atoms with Crippen LogP contribution in [0.4, 0.5) is 5.69 Å². The molecule has 1 aliphatic rings. The van der Waals surface area contributed by atoms with Gasteiger partial charge in [0.15, 0.2) is 0 Å². The van der Waals surface area contributed by atoms with Crippen molar-refractivity contribution in [1.82, 2.24) is 10.2 Å². The van der Waals surface area contributed by atoms with Gasteiger partial charge in [0.05, 0.1) is 11.6 Å². The minimum Gasteiger partial charge on any atom is -0.496 e. The Labute approximate surface area is 158 Å². The maximum atomic E-state index is 12.4. The van der Waals surface area contributed by atoms with Crippen LogP contribution in [0.5, 0.6) is 5.75 Å². The highest BCUT2D eigenvalue weighted by atomic mass is 79.9. The standard InChI is InChI=1S/C19H16BrN3O3/c1-25-16-9-6-13(10-15(16)20)17(24)21-14-7-4-12(5-8-14)19-23-22-18(26-19)11-2-3-11/h4-11H,2-3H2,1H3,(H,21,24). The Morgan fingerprint density at radius 1 is 1.19 bits per heavy atom. The number of ether oxygens (including phenoxy) is 1. The number of hydrogen-bond donors (Lipinski definition) is 1. The Hall–Kier alpha value is -2.67. The van der Waals surface area contributed by atoms with Gasteiger partial charge in [0, 0.05) is 22.7 Å². The smallest absolute Gasteiger partial charge is 0.255 e. The first kappa shape index (κ1) is 16.8. The predicted octanol–water partition coefficient (Wildman–Crippen LogP) is 4.64. The predicted molar refractivity (Wildman–Crippen MR) is 100 cm³/mol. The first-order valence-electron chi connectivity index (χ1n) is 8.23. The van der Waals surface area contributed by atoms with Crippen LogP contribution < -0.4 is 10.1 Å². The van der Waals surface area contributed by atoms with E-state index in [1.807, 2.05) is 24.3 Å². The van der Waals surface area contributed by atoms with Gasteiger partial charge in [-0.25, -0.2) is 0 Å². The molecule has 3 aromatic rings. The van der Waals surface area contributed by atoms with Gasteiger partial charge in [0.25, 0.3) is 5.91 Å². The summed E-state index contributed by atoms with van der Waals surface area (Å²) in [5.74, 6) is 2.12. The molecule has 1 saturated carbocycles. The number of nitrogens with one attached hydrogen (secondary N) is 1. The van der Waals surface area contributed by atoms with E-state index in [9.17, 15) is 4.79 Å². The molecule has 1 fully saturated rings. The van der Waals surface area contributed by atoms with E-state index in [0.717, 1.165) is 22.9 Å². The Balaban J connectivity index is 1.46. The second-order valence-electron chi connectivity index (χ2n) is 6.10. The molecular formula is C19H16BrN3O3. The van der Waals surface area contributed by atoms with Crippen molar-refractivity contribution in [3.63, 3.8) is 0 Å². The molecular weight excluding hydrogens is 398 g/mol. The summed E-state index contributed by atoms with van der Waals surface area (Å²) in [7, 11) is 1.58. The zero-order valence-corrected chi connectivity index (χ0v) is 15.6. The SMILES string of the molecule is COc1ccc(C(=O)Nc2ccc(-c3nnc(C4CC4)o3)cc2)cc1Br. The normalized spacial score (nSPS) is 13.5. The van der Waals surface area contributed by atoms with Gasteiger partial charge in [0.2, 0.25) is 11.8 Å². The summed E-state index contributed by atoms with van der Waals surface area (Å²) >= 11 is 3.38. The third-order valence-corrected chi connectivity index (χ3v) is 4.79. The third kappa shape index (κ3) is 3.48. The summed E-state index contributed by atoms with van der Waals surface area (Å²) in [6.07, 6.45) is 2.24. The molecule has 132 valence electrons. The first-order chi connectivity index (χ1) is 12.6. The molecule has 4 rings (SSSR count). The summed E-state index contributed by atoms with van der Waals surface area (Å²) < 4.78 is 11.6. The first-order valence-corrected chi connectivity index (χ1v) is 9.02. The number of aromatic nitrogens is 2. The number of benzene rings is 2. The zero-order chi connectivity index (χ0) is 18.1. The molecule has 1 N–H and O–H groups in total. The molecule has 26 heavy (non-hydrogen) atoms. The molecule has 0 bridgehead atoms. The highest BCUT2D eigenvalue weighted by Crippen LogP contribution is 2.40. The fourth-order valence-electron chi connectivity index (χ4n) is 2.55. The summed E-state index contributed by atoms with van der Waals surface area (Å²) in [6.45, 7) is 0. The number of anilines is 1. The van der Waals surface area contributed by atoms with Gasteiger partial charge in [-0.15, -0.1) is 10.2 Å². The van der Waals surface area contributed by atoms with Crippen LogP contribution >= 0.6 is 15.9 Å². The van der Waals surface area contributed by atoms with Crippen molar-refractivity contribution in [2.75, 3.05) is 12.4 Å². The molecule has 7 heteroatoms. The van der Waals surface area contributed by atoms with E-state index in [1.54, 1.807) is 25.3 Å². The van der Waals surface area contributed by atoms with Crippen molar-refractivity contribution in [2.24, 2.45) is 0 Å². The van der Waals surface area contributed by atoms with Gasteiger partial charge in [0.1, 0.15) is 5.75 Å². The Bertz CT molecular complexity index is 949. The van der Waals surface area contributed by atoms with Crippen LogP contribution in [0.1, 0.15) is 35.0 Å². The van der Waals surface area contributed by atoms with E-state index in [-0.39, 0.29) is 5.91 Å². The maximum Gasteiger partial charge on any atom is 0.255 e. The number of amides is 1. The summed E-state index contributed by atoms with van der Waals surface area (Å²) in [5, 5.41) is 11.0. The van der Waals surface area contributed by atoms with E-state index in [4.69, 9.17) is 9.15 Å². The molecule has 1 amide bonds. The highest BCUT2D eigenvalue weighted by molar-refractivity contribution is 9.10. The van der Waals surface area contributed by atoms with Crippen LogP contribution in [0, 0.1) is 0 Å². The number of carbonyl (C=O) groups excluding carboxylic acids is 1. The second kappa shape index (κ2) is 6.92. The van der Waals surface area contributed by atoms with Gasteiger partial charge >= 0.3 is 0 Å². The van der Waals surface area contributed by atoms with Crippen LogP contribution in [-0.2, 0) is 0 Å². The largest absolute Gasteiger partial charge is 0.496 e. The minimum absolute atomic E-state index is 0.199. The average molecular weight is 414 g/mol. The topological polar surface area (TPSA) is 77.2 Å². The molecule has 1 aromatic heterocycles. The number of rotatable bonds is 5. The lowest BCUT2D eigenvalue weighted by molar-refractivity contribution is 0.102. The average Bonchev–Trinajstić information content (AvgIpc) is 3.39. The molecule has 6 nitrogen and oxygen atoms in total. The molecule has 0 spiro atoms. The van der Waals surface area contributed by atoms with E-state index >= 15 is 0 Å². The summed E-state index contributed by atoms with van der Waals surface area (Å²) in [6, 6.07) is 12.5. The summed E-state index contributed by atoms with van der Waals surface area (Å²) in [4.78, 5) is 12.4. The molecule has 0 aliphatic heterocycles. The Morgan fingerprint density at radius 3 is 2.62 bits per heavy atom. The van der Waals surface area contributed by atoms with Crippen LogP contribution in [0.2, 0.25) is 0 Å². The van der Waals surface area contributed by atoms with Crippen molar-refractivity contribution in [3.8, 4) is 17.2 Å². The van der Waals surface area contributed by atoms with Crippen LogP contribution in [0.15, 0.2) is 51.4 Å². The number of hydrogen-bond acceptors (Lipinski definition) is 5. The number of methoxy groups -OCH3 is 1. The summed E-state index contributed by atoms with van der Waals surface area (Å²) in [5.41, 5.74) is 2.05.